The van der Waals surface area contributed by atoms with Crippen molar-refractivity contribution in [3.63, 3.8) is 0 Å². The van der Waals surface area contributed by atoms with Gasteiger partial charge in [0.05, 0.1) is 0 Å². The molecule has 0 amide bonds. The Hall–Kier alpha value is 2.13. The van der Waals surface area contributed by atoms with Crippen molar-refractivity contribution in [2.75, 3.05) is 0 Å². The van der Waals surface area contributed by atoms with Crippen LogP contribution in [0.1, 0.15) is 0 Å². The van der Waals surface area contributed by atoms with Crippen molar-refractivity contribution in [2.24, 2.45) is 0 Å². The van der Waals surface area contributed by atoms with Gasteiger partial charge in [-0.2, -0.15) is 22.2 Å². The maximum atomic E-state index is 6.06. The minimum Gasteiger partial charge on any atom is -0.150 e. The van der Waals surface area contributed by atoms with Gasteiger partial charge in [-0.25, -0.2) is 0 Å². The molecule has 0 aromatic heterocycles. The van der Waals surface area contributed by atoms with Crippen LogP contribution in [0.25, 0.3) is 0 Å². The van der Waals surface area contributed by atoms with E-state index in [1.54, 1.807) is 11.4 Å². The van der Waals surface area contributed by atoms with Gasteiger partial charge < -0.3 is 0 Å². The van der Waals surface area contributed by atoms with Crippen molar-refractivity contribution in [3.8, 4) is 0 Å². The van der Waals surface area contributed by atoms with Gasteiger partial charge in [-0.3, -0.25) is 0 Å². The highest BCUT2D eigenvalue weighted by molar-refractivity contribution is 7.68. The van der Waals surface area contributed by atoms with E-state index in [-0.39, 0.29) is 4.79 Å². The van der Waals surface area contributed by atoms with Crippen LogP contribution in [0, 0.1) is 0 Å². The fourth-order valence-electron chi connectivity index (χ4n) is 1.02. The molecule has 0 fully saturated rings. The van der Waals surface area contributed by atoms with E-state index in [1.807, 2.05) is 0 Å². The Morgan fingerprint density at radius 1 is 0.917 bits per heavy atom. The van der Waals surface area contributed by atoms with Gasteiger partial charge in [0.15, 0.2) is 0 Å². The van der Waals surface area contributed by atoms with Crippen molar-refractivity contribution in [1.82, 2.24) is 0 Å². The van der Waals surface area contributed by atoms with E-state index in [2.05, 4.69) is 0 Å². The van der Waals surface area contributed by atoms with E-state index in [4.69, 9.17) is 66.5 Å². The molecule has 12 heavy (non-hydrogen) atoms. The highest BCUT2D eigenvalue weighted by atomic mass is 35.7. The van der Waals surface area contributed by atoms with Crippen LogP contribution in [0.5, 0.6) is 0 Å². The third-order valence-corrected chi connectivity index (χ3v) is 26.3. The molecule has 0 aromatic rings. The summed E-state index contributed by atoms with van der Waals surface area (Å²) in [4.78, 5) is -0.208. The molecule has 1 aliphatic rings. The fourth-order valence-corrected chi connectivity index (χ4v) is 36.0. The van der Waals surface area contributed by atoms with Crippen LogP contribution in [-0.4, -0.2) is 20.8 Å². The Balaban J connectivity index is 2.95. The second-order valence-corrected chi connectivity index (χ2v) is 22.5. The molecule has 1 rings (SSSR count). The fraction of sp³-hybridized carbons (Fsp3) is 0.333. The lowest BCUT2D eigenvalue weighted by Gasteiger charge is -2.25. The molecule has 0 aromatic carbocycles. The summed E-state index contributed by atoms with van der Waals surface area (Å²) in [5, 5.41) is 0. The topological polar surface area (TPSA) is 0 Å². The van der Waals surface area contributed by atoms with E-state index in [0.717, 1.165) is 0 Å². The minimum absolute atomic E-state index is 0.208. The SMILES string of the molecule is Cl[SiH](Cl)C1[Si](Cl)(Cl)C=C[Si]1(Cl)Cl. The van der Waals surface area contributed by atoms with Crippen molar-refractivity contribution in [3.05, 3.63) is 11.4 Å². The van der Waals surface area contributed by atoms with Crippen molar-refractivity contribution < 1.29 is 0 Å². The minimum atomic E-state index is -2.51. The Bertz CT molecular complexity index is 194. The predicted octanol–water partition coefficient (Wildman–Crippen LogP) is 3.62. The van der Waals surface area contributed by atoms with Crippen LogP contribution < -0.4 is 0 Å². The summed E-state index contributed by atoms with van der Waals surface area (Å²) in [6, 6.07) is 0. The summed E-state index contributed by atoms with van der Waals surface area (Å²) < 4.78 is 0. The Morgan fingerprint density at radius 3 is 1.42 bits per heavy atom. The zero-order chi connectivity index (χ0) is 9.57. The molecule has 0 N–H and O–H groups in total. The molecule has 0 radical (unpaired) electrons. The van der Waals surface area contributed by atoms with Crippen molar-refractivity contribution in [2.45, 2.75) is 4.79 Å². The first-order chi connectivity index (χ1) is 5.27. The average molecular weight is 337 g/mol. The van der Waals surface area contributed by atoms with Crippen LogP contribution in [-0.2, 0) is 0 Å². The molecule has 0 bridgehead atoms. The van der Waals surface area contributed by atoms with Crippen molar-refractivity contribution >= 4 is 87.3 Å². The average Bonchev–Trinajstić information content (AvgIpc) is 2.01. The van der Waals surface area contributed by atoms with E-state index in [0.29, 0.717) is 0 Å². The summed E-state index contributed by atoms with van der Waals surface area (Å²) in [5.41, 5.74) is 3.44. The molecule has 0 saturated carbocycles. The van der Waals surface area contributed by atoms with Crippen LogP contribution in [0.2, 0.25) is 4.79 Å². The Kier molecular flexibility index (Phi) is 4.01. The largest absolute Gasteiger partial charge is 0.275 e. The smallest absolute Gasteiger partial charge is 0.150 e. The van der Waals surface area contributed by atoms with Crippen LogP contribution >= 0.6 is 66.5 Å². The maximum absolute atomic E-state index is 6.06. The highest BCUT2D eigenvalue weighted by Gasteiger charge is 2.58. The van der Waals surface area contributed by atoms with E-state index >= 15 is 0 Å². The quantitative estimate of drug-likeness (QED) is 0.507. The molecular weight excluding hydrogens is 333 g/mol. The zero-order valence-electron chi connectivity index (χ0n) is 5.58. The Morgan fingerprint density at radius 2 is 1.25 bits per heavy atom. The van der Waals surface area contributed by atoms with Gasteiger partial charge in [0.25, 0.3) is 13.4 Å². The van der Waals surface area contributed by atoms with Gasteiger partial charge in [0.2, 0.25) is 7.42 Å². The zero-order valence-corrected chi connectivity index (χ0v) is 13.3. The predicted molar refractivity (Wildman–Crippen MR) is 66.7 cm³/mol. The van der Waals surface area contributed by atoms with E-state index in [1.165, 1.54) is 0 Å². The third kappa shape index (κ3) is 2.38. The van der Waals surface area contributed by atoms with Crippen LogP contribution in [0.4, 0.5) is 0 Å². The van der Waals surface area contributed by atoms with Crippen molar-refractivity contribution in [1.29, 1.82) is 0 Å². The summed E-state index contributed by atoms with van der Waals surface area (Å²) in [7, 11) is -2.00. The molecule has 1 aliphatic heterocycles. The number of hydrogen-bond donors (Lipinski definition) is 0. The van der Waals surface area contributed by atoms with Gasteiger partial charge in [-0.05, 0) is 0 Å². The molecule has 0 aliphatic carbocycles. The van der Waals surface area contributed by atoms with E-state index < -0.39 is 20.8 Å². The first kappa shape index (κ1) is 12.2. The third-order valence-electron chi connectivity index (χ3n) is 1.61. The van der Waals surface area contributed by atoms with E-state index in [9.17, 15) is 0 Å². The molecular formula is C3H4Cl6Si3. The van der Waals surface area contributed by atoms with Gasteiger partial charge in [0.1, 0.15) is 0 Å². The summed E-state index contributed by atoms with van der Waals surface area (Å²) >= 11 is 35.9. The molecule has 9 heteroatoms. The molecule has 0 saturated heterocycles. The monoisotopic (exact) mass is 334 g/mol. The molecule has 0 spiro atoms. The summed E-state index contributed by atoms with van der Waals surface area (Å²) in [6.07, 6.45) is 0. The van der Waals surface area contributed by atoms with Crippen LogP contribution in [0.15, 0.2) is 11.4 Å². The molecule has 70 valence electrons. The highest BCUT2D eigenvalue weighted by Crippen LogP contribution is 2.51. The molecule has 0 unspecified atom stereocenters. The molecule has 0 nitrogen and oxygen atoms in total. The Labute approximate surface area is 103 Å². The lowest BCUT2D eigenvalue weighted by Crippen LogP contribution is -2.40. The lowest BCUT2D eigenvalue weighted by molar-refractivity contribution is 1.76. The van der Waals surface area contributed by atoms with Gasteiger partial charge >= 0.3 is 0 Å². The summed E-state index contributed by atoms with van der Waals surface area (Å²) in [6.45, 7) is -5.02. The van der Waals surface area contributed by atoms with Gasteiger partial charge in [-0.15, -0.1) is 44.3 Å². The maximum Gasteiger partial charge on any atom is 0.275 e. The second kappa shape index (κ2) is 3.95. The van der Waals surface area contributed by atoms with Gasteiger partial charge in [0, 0.05) is 4.79 Å². The molecule has 1 heterocycles. The summed E-state index contributed by atoms with van der Waals surface area (Å²) in [5.74, 6) is 0. The number of hydrogen-bond acceptors (Lipinski definition) is 0. The second-order valence-electron chi connectivity index (χ2n) is 2.49. The van der Waals surface area contributed by atoms with Crippen LogP contribution in [0.3, 0.4) is 0 Å². The lowest BCUT2D eigenvalue weighted by atomic mass is 11.2. The first-order valence-corrected chi connectivity index (χ1v) is 15.5. The first-order valence-electron chi connectivity index (χ1n) is 3.01. The normalized spacial score (nSPS) is 26.9. The number of rotatable bonds is 1. The van der Waals surface area contributed by atoms with Gasteiger partial charge in [-0.1, -0.05) is 11.4 Å². The number of halogens is 6. The standard InChI is InChI=1S/C3H4Cl6Si3/c4-10(5)3-11(6,7)1-2-12(3,8)9/h1-3,10H. The molecule has 0 atom stereocenters.